The van der Waals surface area contributed by atoms with Crippen LogP contribution in [0.3, 0.4) is 0 Å². The molecule has 0 radical (unpaired) electrons. The van der Waals surface area contributed by atoms with Gasteiger partial charge in [-0.3, -0.25) is 9.78 Å². The van der Waals surface area contributed by atoms with Gasteiger partial charge in [0.2, 0.25) is 10.0 Å². The van der Waals surface area contributed by atoms with Crippen LogP contribution in [-0.2, 0) is 14.8 Å². The number of hydrogen-bond acceptors (Lipinski definition) is 5. The first kappa shape index (κ1) is 21.9. The van der Waals surface area contributed by atoms with Crippen molar-refractivity contribution in [3.05, 3.63) is 30.2 Å². The van der Waals surface area contributed by atoms with E-state index in [9.17, 15) is 26.4 Å². The fraction of sp³-hybridized carbons (Fsp3) is 0.636. The number of ketones is 1. The molecular formula is C22H25F3N2O4S. The maximum Gasteiger partial charge on any atom is 0.394 e. The van der Waals surface area contributed by atoms with Crippen molar-refractivity contribution < 1.29 is 30.8 Å². The van der Waals surface area contributed by atoms with E-state index in [4.69, 9.17) is 4.42 Å². The second-order valence-corrected chi connectivity index (χ2v) is 11.7. The predicted octanol–water partition coefficient (Wildman–Crippen LogP) is 4.42. The van der Waals surface area contributed by atoms with Gasteiger partial charge in [-0.15, -0.1) is 0 Å². The number of hydrogen-bond donors (Lipinski definition) is 0. The fourth-order valence-corrected chi connectivity index (χ4v) is 7.16. The molecule has 174 valence electrons. The molecule has 32 heavy (non-hydrogen) atoms. The van der Waals surface area contributed by atoms with E-state index < -0.39 is 45.0 Å². The van der Waals surface area contributed by atoms with Crippen LogP contribution in [0.4, 0.5) is 13.2 Å². The van der Waals surface area contributed by atoms with Crippen LogP contribution in [0.15, 0.2) is 29.0 Å². The summed E-state index contributed by atoms with van der Waals surface area (Å²) in [6.07, 6.45) is 0.0688. The molecule has 0 spiro atoms. The minimum absolute atomic E-state index is 0.00684. The molecule has 2 saturated carbocycles. The number of alkyl halides is 3. The van der Waals surface area contributed by atoms with Crippen LogP contribution < -0.4 is 0 Å². The molecule has 6 nitrogen and oxygen atoms in total. The van der Waals surface area contributed by atoms with Crippen molar-refractivity contribution in [2.45, 2.75) is 62.3 Å². The highest BCUT2D eigenvalue weighted by Crippen LogP contribution is 2.60. The average Bonchev–Trinajstić information content (AvgIpc) is 3.37. The smallest absolute Gasteiger partial charge is 0.394 e. The number of carbonyl (C=O) groups is 1. The Bertz CT molecular complexity index is 1130. The third-order valence-corrected chi connectivity index (χ3v) is 9.86. The van der Waals surface area contributed by atoms with E-state index in [0.717, 1.165) is 11.1 Å². The summed E-state index contributed by atoms with van der Waals surface area (Å²) < 4.78 is 72.4. The van der Waals surface area contributed by atoms with Crippen molar-refractivity contribution in [3.63, 3.8) is 0 Å². The van der Waals surface area contributed by atoms with E-state index in [-0.39, 0.29) is 31.6 Å². The van der Waals surface area contributed by atoms with Crippen molar-refractivity contribution in [2.24, 2.45) is 11.3 Å². The van der Waals surface area contributed by atoms with E-state index in [2.05, 4.69) is 4.98 Å². The van der Waals surface area contributed by atoms with Crippen molar-refractivity contribution >= 4 is 26.9 Å². The van der Waals surface area contributed by atoms with Gasteiger partial charge in [0.15, 0.2) is 5.58 Å². The number of furan rings is 1. The summed E-state index contributed by atoms with van der Waals surface area (Å²) in [4.78, 5) is 16.7. The summed E-state index contributed by atoms with van der Waals surface area (Å²) in [6.45, 7) is 0.748. The number of fused-ring (bicyclic) bond motifs is 1. The molecule has 3 fully saturated rings. The van der Waals surface area contributed by atoms with E-state index >= 15 is 0 Å². The summed E-state index contributed by atoms with van der Waals surface area (Å²) in [7, 11) is -3.56. The lowest BCUT2D eigenvalue weighted by atomic mass is 9.78. The number of nitrogens with zero attached hydrogens (tertiary/aromatic N) is 2. The largest absolute Gasteiger partial charge is 0.462 e. The summed E-state index contributed by atoms with van der Waals surface area (Å²) in [6, 6.07) is 3.65. The van der Waals surface area contributed by atoms with Crippen molar-refractivity contribution in [3.8, 4) is 0 Å². The zero-order valence-corrected chi connectivity index (χ0v) is 18.3. The SMILES string of the molecule is O=C(CC1(C(F)(F)F)CC1)C1CC(S(=O)(=O)N2CCC(c3coc4cccnc34)CC2)C1. The van der Waals surface area contributed by atoms with Gasteiger partial charge < -0.3 is 4.42 Å². The maximum absolute atomic E-state index is 13.1. The summed E-state index contributed by atoms with van der Waals surface area (Å²) in [5.74, 6) is -0.856. The molecule has 2 aliphatic carbocycles. The van der Waals surface area contributed by atoms with Gasteiger partial charge in [-0.1, -0.05) is 0 Å². The quantitative estimate of drug-likeness (QED) is 0.625. The number of halogens is 3. The first-order chi connectivity index (χ1) is 15.1. The third-order valence-electron chi connectivity index (χ3n) is 7.55. The monoisotopic (exact) mass is 470 g/mol. The Balaban J connectivity index is 1.16. The maximum atomic E-state index is 13.1. The van der Waals surface area contributed by atoms with Crippen LogP contribution >= 0.6 is 0 Å². The van der Waals surface area contributed by atoms with E-state index in [0.29, 0.717) is 31.5 Å². The van der Waals surface area contributed by atoms with Crippen molar-refractivity contribution in [1.82, 2.24) is 9.29 Å². The van der Waals surface area contributed by atoms with Crippen LogP contribution in [0.25, 0.3) is 11.1 Å². The third kappa shape index (κ3) is 3.65. The number of aromatic nitrogens is 1. The van der Waals surface area contributed by atoms with Gasteiger partial charge in [-0.05, 0) is 56.6 Å². The molecule has 5 rings (SSSR count). The second-order valence-electron chi connectivity index (χ2n) is 9.47. The first-order valence-electron chi connectivity index (χ1n) is 11.0. The van der Waals surface area contributed by atoms with Crippen LogP contribution in [0.5, 0.6) is 0 Å². The molecule has 10 heteroatoms. The molecule has 2 aromatic rings. The normalized spacial score (nSPS) is 26.7. The first-order valence-corrected chi connectivity index (χ1v) is 12.5. The highest BCUT2D eigenvalue weighted by Gasteiger charge is 2.64. The zero-order chi connectivity index (χ0) is 22.7. The van der Waals surface area contributed by atoms with Crippen LogP contribution in [0, 0.1) is 11.3 Å². The number of carbonyl (C=O) groups excluding carboxylic acids is 1. The predicted molar refractivity (Wildman–Crippen MR) is 110 cm³/mol. The molecule has 0 N–H and O–H groups in total. The number of sulfonamides is 1. The molecule has 0 bridgehead atoms. The highest BCUT2D eigenvalue weighted by molar-refractivity contribution is 7.89. The molecule has 0 unspecified atom stereocenters. The lowest BCUT2D eigenvalue weighted by Gasteiger charge is -2.39. The molecule has 0 atom stereocenters. The summed E-state index contributed by atoms with van der Waals surface area (Å²) >= 11 is 0. The average molecular weight is 471 g/mol. The second kappa shape index (κ2) is 7.55. The van der Waals surface area contributed by atoms with Crippen LogP contribution in [0.1, 0.15) is 56.4 Å². The van der Waals surface area contributed by atoms with E-state index in [1.807, 2.05) is 6.07 Å². The minimum Gasteiger partial charge on any atom is -0.462 e. The molecule has 1 aliphatic heterocycles. The molecule has 0 aromatic carbocycles. The molecule has 3 aliphatic rings. The molecule has 3 heterocycles. The van der Waals surface area contributed by atoms with E-state index in [1.54, 1.807) is 18.5 Å². The van der Waals surface area contributed by atoms with Gasteiger partial charge in [0.05, 0.1) is 16.9 Å². The summed E-state index contributed by atoms with van der Waals surface area (Å²) in [5.41, 5.74) is 0.649. The fourth-order valence-electron chi connectivity index (χ4n) is 5.07. The molecule has 1 saturated heterocycles. The van der Waals surface area contributed by atoms with Gasteiger partial charge in [-0.2, -0.15) is 13.2 Å². The van der Waals surface area contributed by atoms with Gasteiger partial charge >= 0.3 is 6.18 Å². The Kier molecular flexibility index (Phi) is 5.16. The van der Waals surface area contributed by atoms with Gasteiger partial charge in [-0.25, -0.2) is 12.7 Å². The Labute approximate surface area is 184 Å². The topological polar surface area (TPSA) is 80.5 Å². The number of pyridine rings is 1. The Morgan fingerprint density at radius 1 is 1.22 bits per heavy atom. The number of rotatable bonds is 6. The highest BCUT2D eigenvalue weighted by atomic mass is 32.2. The van der Waals surface area contributed by atoms with Crippen LogP contribution in [-0.4, -0.2) is 48.0 Å². The summed E-state index contributed by atoms with van der Waals surface area (Å²) in [5, 5.41) is -0.675. The van der Waals surface area contributed by atoms with Gasteiger partial charge in [0, 0.05) is 37.2 Å². The molecular weight excluding hydrogens is 445 g/mol. The zero-order valence-electron chi connectivity index (χ0n) is 17.5. The Hall–Kier alpha value is -1.94. The van der Waals surface area contributed by atoms with Crippen molar-refractivity contribution in [1.29, 1.82) is 0 Å². The van der Waals surface area contributed by atoms with Gasteiger partial charge in [0.25, 0.3) is 0 Å². The Morgan fingerprint density at radius 3 is 2.53 bits per heavy atom. The Morgan fingerprint density at radius 2 is 1.91 bits per heavy atom. The number of piperidine rings is 1. The van der Waals surface area contributed by atoms with Crippen LogP contribution in [0.2, 0.25) is 0 Å². The standard InChI is InChI=1S/C22H25F3N2O4S/c23-22(24,25)21(5-6-21)12-18(28)15-10-16(11-15)32(29,30)27-8-3-14(4-9-27)17-13-31-19-2-1-7-26-20(17)19/h1-2,7,13-16H,3-6,8-12H2. The van der Waals surface area contributed by atoms with E-state index in [1.165, 1.54) is 4.31 Å². The van der Waals surface area contributed by atoms with Gasteiger partial charge in [0.1, 0.15) is 11.3 Å². The molecule has 2 aromatic heterocycles. The lowest BCUT2D eigenvalue weighted by molar-refractivity contribution is -0.191. The lowest BCUT2D eigenvalue weighted by Crippen LogP contribution is -2.49. The molecule has 0 amide bonds. The minimum atomic E-state index is -4.36. The number of Topliss-reactive ketones (excluding diaryl/α,β-unsaturated/α-hetero) is 1. The van der Waals surface area contributed by atoms with Crippen molar-refractivity contribution in [2.75, 3.05) is 13.1 Å².